The Morgan fingerprint density at radius 2 is 0.712 bits per heavy atom. The maximum atomic E-state index is 5.38. The zero-order valence-electron chi connectivity index (χ0n) is 28.1. The van der Waals surface area contributed by atoms with Crippen molar-refractivity contribution in [1.29, 1.82) is 0 Å². The van der Waals surface area contributed by atoms with E-state index >= 15 is 0 Å². The number of fused-ring (bicyclic) bond motifs is 4. The molecule has 4 heteroatoms. The molecular formula is C48H30N4. The first-order chi connectivity index (χ1) is 25.8. The normalized spacial score (nSPS) is 11.5. The number of aromatic nitrogens is 4. The smallest absolute Gasteiger partial charge is 0.161 e. The minimum atomic E-state index is 0.683. The van der Waals surface area contributed by atoms with Gasteiger partial charge in [0, 0.05) is 63.4 Å². The van der Waals surface area contributed by atoms with E-state index in [1.807, 2.05) is 24.8 Å². The Labute approximate surface area is 300 Å². The molecule has 3 aromatic heterocycles. The molecule has 4 nitrogen and oxygen atoms in total. The van der Waals surface area contributed by atoms with E-state index in [1.54, 1.807) is 0 Å². The lowest BCUT2D eigenvalue weighted by atomic mass is 9.92. The molecule has 10 rings (SSSR count). The minimum absolute atomic E-state index is 0.683. The van der Waals surface area contributed by atoms with Gasteiger partial charge in [-0.25, -0.2) is 9.97 Å². The van der Waals surface area contributed by atoms with E-state index in [-0.39, 0.29) is 0 Å². The summed E-state index contributed by atoms with van der Waals surface area (Å²) in [4.78, 5) is 20.0. The summed E-state index contributed by atoms with van der Waals surface area (Å²) in [6.07, 6.45) is 7.79. The summed E-state index contributed by atoms with van der Waals surface area (Å²) >= 11 is 0. The van der Waals surface area contributed by atoms with Crippen LogP contribution < -0.4 is 0 Å². The Morgan fingerprint density at radius 1 is 0.288 bits per heavy atom. The van der Waals surface area contributed by atoms with Crippen LogP contribution in [-0.2, 0) is 0 Å². The second kappa shape index (κ2) is 12.4. The van der Waals surface area contributed by atoms with Crippen LogP contribution in [0.2, 0.25) is 0 Å². The minimum Gasteiger partial charge on any atom is -0.263 e. The largest absolute Gasteiger partial charge is 0.263 e. The van der Waals surface area contributed by atoms with E-state index in [2.05, 4.69) is 168 Å². The lowest BCUT2D eigenvalue weighted by Crippen LogP contribution is -1.98. The van der Waals surface area contributed by atoms with Crippen molar-refractivity contribution >= 4 is 43.1 Å². The van der Waals surface area contributed by atoms with Crippen molar-refractivity contribution in [2.24, 2.45) is 0 Å². The summed E-state index contributed by atoms with van der Waals surface area (Å²) < 4.78 is 0. The summed E-state index contributed by atoms with van der Waals surface area (Å²) in [5.41, 5.74) is 8.99. The number of nitrogens with zero attached hydrogens (tertiary/aromatic N) is 4. The molecule has 0 bridgehead atoms. The lowest BCUT2D eigenvalue weighted by Gasteiger charge is -2.15. The Hall–Kier alpha value is -7.04. The molecule has 0 radical (unpaired) electrons. The van der Waals surface area contributed by atoms with Crippen LogP contribution in [0.5, 0.6) is 0 Å². The number of pyridine rings is 2. The molecule has 0 atom stereocenters. The van der Waals surface area contributed by atoms with Crippen LogP contribution in [0.3, 0.4) is 0 Å². The Kier molecular flexibility index (Phi) is 7.10. The summed E-state index contributed by atoms with van der Waals surface area (Å²) in [7, 11) is 0. The van der Waals surface area contributed by atoms with Crippen molar-refractivity contribution in [3.8, 4) is 56.2 Å². The molecule has 0 saturated heterocycles. The van der Waals surface area contributed by atoms with Crippen LogP contribution in [-0.4, -0.2) is 19.9 Å². The van der Waals surface area contributed by atoms with E-state index in [4.69, 9.17) is 9.97 Å². The van der Waals surface area contributed by atoms with Gasteiger partial charge in [-0.15, -0.1) is 0 Å². The van der Waals surface area contributed by atoms with Crippen molar-refractivity contribution < 1.29 is 0 Å². The van der Waals surface area contributed by atoms with E-state index in [9.17, 15) is 0 Å². The summed E-state index contributed by atoms with van der Waals surface area (Å²) in [5.74, 6) is 0.683. The average molecular weight is 663 g/mol. The zero-order chi connectivity index (χ0) is 34.4. The van der Waals surface area contributed by atoms with Crippen molar-refractivity contribution in [2.45, 2.75) is 0 Å². The van der Waals surface area contributed by atoms with Gasteiger partial charge in [-0.05, 0) is 67.7 Å². The van der Waals surface area contributed by atoms with Gasteiger partial charge in [-0.2, -0.15) is 0 Å². The Morgan fingerprint density at radius 3 is 1.29 bits per heavy atom. The van der Waals surface area contributed by atoms with Crippen LogP contribution >= 0.6 is 0 Å². The monoisotopic (exact) mass is 662 g/mol. The molecule has 0 amide bonds. The van der Waals surface area contributed by atoms with E-state index < -0.39 is 0 Å². The molecule has 0 N–H and O–H groups in total. The van der Waals surface area contributed by atoms with Crippen molar-refractivity contribution in [3.63, 3.8) is 0 Å². The van der Waals surface area contributed by atoms with Crippen LogP contribution in [0.1, 0.15) is 0 Å². The van der Waals surface area contributed by atoms with Gasteiger partial charge in [0.1, 0.15) is 0 Å². The SMILES string of the molecule is c1ccc2c(-c3cc(-c4cc(-c5cccc6ccccc56)nc(-c5cccc6ccccc56)n4)cc(-c4cncc5ccccc45)c3)cncc2c1. The summed E-state index contributed by atoms with van der Waals surface area (Å²) in [6.45, 7) is 0. The standard InChI is InChI=1S/C48H30N4/c1-5-17-38-31(11-1)15-9-21-42(38)47-26-46(51-48(52-47)43-22-10-16-32-12-2-6-18-39(32)43)37-24-35(44-29-49-27-33-13-3-7-19-40(33)44)23-36(25-37)45-30-50-28-34-14-4-8-20-41(34)45/h1-30H. The van der Waals surface area contributed by atoms with Gasteiger partial charge in [-0.1, -0.05) is 133 Å². The first kappa shape index (κ1) is 29.8. The molecule has 0 fully saturated rings. The molecule has 0 spiro atoms. The fourth-order valence-corrected chi connectivity index (χ4v) is 7.50. The number of benzene rings is 7. The Balaban J connectivity index is 1.28. The molecule has 0 aliphatic heterocycles. The molecular weight excluding hydrogens is 633 g/mol. The quantitative estimate of drug-likeness (QED) is 0.184. The summed E-state index contributed by atoms with van der Waals surface area (Å²) in [5, 5.41) is 9.06. The first-order valence-corrected chi connectivity index (χ1v) is 17.4. The predicted molar refractivity (Wildman–Crippen MR) is 215 cm³/mol. The highest BCUT2D eigenvalue weighted by molar-refractivity contribution is 6.02. The fraction of sp³-hybridized carbons (Fsp3) is 0. The van der Waals surface area contributed by atoms with Crippen LogP contribution in [0.4, 0.5) is 0 Å². The van der Waals surface area contributed by atoms with E-state index in [0.717, 1.165) is 88.0 Å². The molecule has 52 heavy (non-hydrogen) atoms. The molecule has 0 unspecified atom stereocenters. The van der Waals surface area contributed by atoms with Crippen LogP contribution in [0.25, 0.3) is 99.2 Å². The number of hydrogen-bond acceptors (Lipinski definition) is 4. The highest BCUT2D eigenvalue weighted by Crippen LogP contribution is 2.39. The van der Waals surface area contributed by atoms with Gasteiger partial charge in [0.05, 0.1) is 11.4 Å². The first-order valence-electron chi connectivity index (χ1n) is 17.4. The second-order valence-corrected chi connectivity index (χ2v) is 13.1. The molecule has 10 aromatic rings. The van der Waals surface area contributed by atoms with Gasteiger partial charge in [-0.3, -0.25) is 9.97 Å². The number of hydrogen-bond donors (Lipinski definition) is 0. The average Bonchev–Trinajstić information content (AvgIpc) is 3.22. The third-order valence-corrected chi connectivity index (χ3v) is 10.0. The third-order valence-electron chi connectivity index (χ3n) is 10.0. The maximum Gasteiger partial charge on any atom is 0.161 e. The van der Waals surface area contributed by atoms with Gasteiger partial charge >= 0.3 is 0 Å². The highest BCUT2D eigenvalue weighted by Gasteiger charge is 2.17. The van der Waals surface area contributed by atoms with Crippen molar-refractivity contribution in [3.05, 3.63) is 183 Å². The van der Waals surface area contributed by atoms with Crippen molar-refractivity contribution in [2.75, 3.05) is 0 Å². The summed E-state index contributed by atoms with van der Waals surface area (Å²) in [6, 6.07) is 55.4. The topological polar surface area (TPSA) is 51.6 Å². The van der Waals surface area contributed by atoms with Crippen molar-refractivity contribution in [1.82, 2.24) is 19.9 Å². The number of rotatable bonds is 5. The Bertz CT molecular complexity index is 2560. The molecule has 0 saturated carbocycles. The molecule has 242 valence electrons. The van der Waals surface area contributed by atoms with Gasteiger partial charge in [0.2, 0.25) is 0 Å². The van der Waals surface area contributed by atoms with E-state index in [1.165, 1.54) is 5.39 Å². The fourth-order valence-electron chi connectivity index (χ4n) is 7.50. The molecule has 0 aliphatic carbocycles. The van der Waals surface area contributed by atoms with Crippen LogP contribution in [0.15, 0.2) is 183 Å². The van der Waals surface area contributed by atoms with Gasteiger partial charge in [0.15, 0.2) is 5.82 Å². The van der Waals surface area contributed by atoms with E-state index in [0.29, 0.717) is 5.82 Å². The second-order valence-electron chi connectivity index (χ2n) is 13.1. The zero-order valence-corrected chi connectivity index (χ0v) is 28.1. The maximum absolute atomic E-state index is 5.38. The molecule has 0 aliphatic rings. The predicted octanol–water partition coefficient (Wildman–Crippen LogP) is 12.2. The third kappa shape index (κ3) is 5.17. The molecule has 3 heterocycles. The van der Waals surface area contributed by atoms with Gasteiger partial charge in [0.25, 0.3) is 0 Å². The lowest BCUT2D eigenvalue weighted by molar-refractivity contribution is 1.19. The van der Waals surface area contributed by atoms with Crippen LogP contribution in [0, 0.1) is 0 Å². The van der Waals surface area contributed by atoms with Gasteiger partial charge < -0.3 is 0 Å². The highest BCUT2D eigenvalue weighted by atomic mass is 14.9. The molecule has 7 aromatic carbocycles.